The van der Waals surface area contributed by atoms with Crippen LogP contribution in [-0.4, -0.2) is 25.9 Å². The standard InChI is InChI=1S/C19H35NO2/c20-15-9-4-1-2-5-10-16-21-17-11-6-3-7-13-19-14-8-12-18-22-19/h19H,1-14,16-18H2. The summed E-state index contributed by atoms with van der Waals surface area (Å²) >= 11 is 0. The van der Waals surface area contributed by atoms with Gasteiger partial charge in [-0.1, -0.05) is 38.5 Å². The Balaban J connectivity index is 1.68. The van der Waals surface area contributed by atoms with Gasteiger partial charge in [0.25, 0.3) is 0 Å². The third kappa shape index (κ3) is 12.0. The molecule has 128 valence electrons. The van der Waals surface area contributed by atoms with Gasteiger partial charge in [0.15, 0.2) is 0 Å². The highest BCUT2D eigenvalue weighted by Crippen LogP contribution is 2.18. The number of hydrogen-bond donors (Lipinski definition) is 0. The summed E-state index contributed by atoms with van der Waals surface area (Å²) in [4.78, 5) is 0. The number of hydrogen-bond acceptors (Lipinski definition) is 3. The molecule has 0 aliphatic carbocycles. The van der Waals surface area contributed by atoms with Crippen LogP contribution in [0.2, 0.25) is 0 Å². The van der Waals surface area contributed by atoms with Crippen LogP contribution in [0, 0.1) is 11.3 Å². The smallest absolute Gasteiger partial charge is 0.0621 e. The van der Waals surface area contributed by atoms with E-state index in [9.17, 15) is 0 Å². The Labute approximate surface area is 137 Å². The molecule has 3 heteroatoms. The molecule has 1 fully saturated rings. The van der Waals surface area contributed by atoms with Crippen molar-refractivity contribution in [2.24, 2.45) is 0 Å². The molecule has 1 saturated heterocycles. The summed E-state index contributed by atoms with van der Waals surface area (Å²) in [7, 11) is 0. The van der Waals surface area contributed by atoms with Gasteiger partial charge in [-0.15, -0.1) is 0 Å². The average Bonchev–Trinajstić information content (AvgIpc) is 2.56. The van der Waals surface area contributed by atoms with Crippen LogP contribution >= 0.6 is 0 Å². The number of unbranched alkanes of at least 4 members (excludes halogenated alkanes) is 8. The van der Waals surface area contributed by atoms with Crippen LogP contribution in [0.3, 0.4) is 0 Å². The Hall–Kier alpha value is -0.590. The summed E-state index contributed by atoms with van der Waals surface area (Å²) in [6, 6.07) is 2.19. The summed E-state index contributed by atoms with van der Waals surface area (Å²) in [6.07, 6.45) is 17.5. The van der Waals surface area contributed by atoms with Crippen molar-refractivity contribution in [2.45, 2.75) is 96.0 Å². The highest BCUT2D eigenvalue weighted by Gasteiger charge is 2.12. The molecular weight excluding hydrogens is 274 g/mol. The Bertz CT molecular complexity index is 269. The lowest BCUT2D eigenvalue weighted by atomic mass is 10.0. The SMILES string of the molecule is N#CCCCCCCCOCCCCCCC1CCCCO1. The third-order valence-corrected chi connectivity index (χ3v) is 4.42. The van der Waals surface area contributed by atoms with Gasteiger partial charge in [-0.2, -0.15) is 5.26 Å². The molecule has 3 nitrogen and oxygen atoms in total. The van der Waals surface area contributed by atoms with Crippen LogP contribution in [0.1, 0.15) is 89.9 Å². The number of nitrogens with zero attached hydrogens (tertiary/aromatic N) is 1. The Morgan fingerprint density at radius 3 is 2.23 bits per heavy atom. The van der Waals surface area contributed by atoms with Gasteiger partial charge in [-0.3, -0.25) is 0 Å². The van der Waals surface area contributed by atoms with E-state index in [0.717, 1.165) is 26.2 Å². The fourth-order valence-electron chi connectivity index (χ4n) is 3.01. The lowest BCUT2D eigenvalue weighted by Gasteiger charge is -2.22. The van der Waals surface area contributed by atoms with E-state index < -0.39 is 0 Å². The highest BCUT2D eigenvalue weighted by molar-refractivity contribution is 4.67. The maximum absolute atomic E-state index is 8.43. The second-order valence-electron chi connectivity index (χ2n) is 6.48. The number of ether oxygens (including phenoxy) is 2. The van der Waals surface area contributed by atoms with E-state index in [1.165, 1.54) is 77.0 Å². The maximum Gasteiger partial charge on any atom is 0.0621 e. The molecule has 1 unspecified atom stereocenters. The van der Waals surface area contributed by atoms with Crippen molar-refractivity contribution in [2.75, 3.05) is 19.8 Å². The second-order valence-corrected chi connectivity index (χ2v) is 6.48. The van der Waals surface area contributed by atoms with Gasteiger partial charge in [0.2, 0.25) is 0 Å². The first-order valence-electron chi connectivity index (χ1n) is 9.50. The fraction of sp³-hybridized carbons (Fsp3) is 0.947. The van der Waals surface area contributed by atoms with Crippen LogP contribution in [0.25, 0.3) is 0 Å². The molecule has 1 heterocycles. The van der Waals surface area contributed by atoms with Crippen molar-refractivity contribution in [1.82, 2.24) is 0 Å². The average molecular weight is 309 g/mol. The normalized spacial score (nSPS) is 18.2. The van der Waals surface area contributed by atoms with Crippen LogP contribution < -0.4 is 0 Å². The summed E-state index contributed by atoms with van der Waals surface area (Å²) in [5.41, 5.74) is 0. The lowest BCUT2D eigenvalue weighted by Crippen LogP contribution is -2.18. The molecule has 1 atom stereocenters. The van der Waals surface area contributed by atoms with E-state index in [4.69, 9.17) is 14.7 Å². The van der Waals surface area contributed by atoms with Crippen molar-refractivity contribution in [3.8, 4) is 6.07 Å². The summed E-state index contributed by atoms with van der Waals surface area (Å²) in [5, 5.41) is 8.43. The summed E-state index contributed by atoms with van der Waals surface area (Å²) < 4.78 is 11.4. The molecule has 1 aliphatic heterocycles. The molecule has 22 heavy (non-hydrogen) atoms. The fourth-order valence-corrected chi connectivity index (χ4v) is 3.01. The van der Waals surface area contributed by atoms with Gasteiger partial charge in [-0.25, -0.2) is 0 Å². The van der Waals surface area contributed by atoms with Gasteiger partial charge in [0.05, 0.1) is 12.2 Å². The quantitative estimate of drug-likeness (QED) is 0.404. The number of nitriles is 1. The minimum Gasteiger partial charge on any atom is -0.381 e. The van der Waals surface area contributed by atoms with Gasteiger partial charge < -0.3 is 9.47 Å². The summed E-state index contributed by atoms with van der Waals surface area (Å²) in [5.74, 6) is 0. The Morgan fingerprint density at radius 1 is 0.864 bits per heavy atom. The zero-order chi connectivity index (χ0) is 15.7. The molecule has 0 radical (unpaired) electrons. The second kappa shape index (κ2) is 15.3. The first-order chi connectivity index (χ1) is 10.9. The van der Waals surface area contributed by atoms with E-state index in [-0.39, 0.29) is 0 Å². The van der Waals surface area contributed by atoms with E-state index in [0.29, 0.717) is 12.5 Å². The largest absolute Gasteiger partial charge is 0.381 e. The van der Waals surface area contributed by atoms with Crippen LogP contribution in [-0.2, 0) is 9.47 Å². The van der Waals surface area contributed by atoms with Gasteiger partial charge in [0, 0.05) is 26.2 Å². The van der Waals surface area contributed by atoms with E-state index >= 15 is 0 Å². The molecule has 1 rings (SSSR count). The van der Waals surface area contributed by atoms with E-state index in [1.807, 2.05) is 0 Å². The topological polar surface area (TPSA) is 42.2 Å². The highest BCUT2D eigenvalue weighted by atomic mass is 16.5. The Morgan fingerprint density at radius 2 is 1.55 bits per heavy atom. The van der Waals surface area contributed by atoms with Gasteiger partial charge in [0.1, 0.15) is 0 Å². The zero-order valence-corrected chi connectivity index (χ0v) is 14.4. The molecule has 0 N–H and O–H groups in total. The monoisotopic (exact) mass is 309 g/mol. The van der Waals surface area contributed by atoms with Crippen LogP contribution in [0.4, 0.5) is 0 Å². The third-order valence-electron chi connectivity index (χ3n) is 4.42. The Kier molecular flexibility index (Phi) is 13.5. The molecular formula is C19H35NO2. The predicted octanol–water partition coefficient (Wildman–Crippen LogP) is 5.39. The van der Waals surface area contributed by atoms with Crippen LogP contribution in [0.5, 0.6) is 0 Å². The lowest BCUT2D eigenvalue weighted by molar-refractivity contribution is 0.00968. The maximum atomic E-state index is 8.43. The molecule has 0 saturated carbocycles. The molecule has 0 spiro atoms. The van der Waals surface area contributed by atoms with Crippen molar-refractivity contribution in [3.63, 3.8) is 0 Å². The minimum atomic E-state index is 0.554. The van der Waals surface area contributed by atoms with Gasteiger partial charge >= 0.3 is 0 Å². The van der Waals surface area contributed by atoms with E-state index in [2.05, 4.69) is 6.07 Å². The van der Waals surface area contributed by atoms with Crippen LogP contribution in [0.15, 0.2) is 0 Å². The van der Waals surface area contributed by atoms with Crippen molar-refractivity contribution in [3.05, 3.63) is 0 Å². The molecule has 0 aromatic heterocycles. The molecule has 0 aromatic rings. The predicted molar refractivity (Wildman–Crippen MR) is 90.8 cm³/mol. The zero-order valence-electron chi connectivity index (χ0n) is 14.4. The minimum absolute atomic E-state index is 0.554. The molecule has 0 amide bonds. The molecule has 0 bridgehead atoms. The van der Waals surface area contributed by atoms with Crippen molar-refractivity contribution >= 4 is 0 Å². The summed E-state index contributed by atoms with van der Waals surface area (Å²) in [6.45, 7) is 2.82. The molecule has 1 aliphatic rings. The van der Waals surface area contributed by atoms with Crippen molar-refractivity contribution in [1.29, 1.82) is 5.26 Å². The van der Waals surface area contributed by atoms with Crippen molar-refractivity contribution < 1.29 is 9.47 Å². The molecule has 0 aromatic carbocycles. The first kappa shape index (κ1) is 19.5. The first-order valence-corrected chi connectivity index (χ1v) is 9.50. The number of rotatable bonds is 14. The van der Waals surface area contributed by atoms with E-state index in [1.54, 1.807) is 0 Å². The van der Waals surface area contributed by atoms with Gasteiger partial charge in [-0.05, 0) is 44.9 Å².